The minimum absolute atomic E-state index is 0.0631. The third-order valence-corrected chi connectivity index (χ3v) is 2.68. The van der Waals surface area contributed by atoms with Crippen molar-refractivity contribution in [2.24, 2.45) is 17.4 Å². The summed E-state index contributed by atoms with van der Waals surface area (Å²) < 4.78 is 0. The maximum absolute atomic E-state index is 6.07. The van der Waals surface area contributed by atoms with Crippen LogP contribution in [0.25, 0.3) is 0 Å². The molecule has 2 atom stereocenters. The van der Waals surface area contributed by atoms with E-state index in [0.717, 1.165) is 12.8 Å². The molecule has 1 aromatic rings. The SMILES string of the molecule is CC(C)Cc1ccc(C(N)CC(C)N)cc1. The molecule has 90 valence electrons. The van der Waals surface area contributed by atoms with Crippen molar-refractivity contribution >= 4 is 0 Å². The van der Waals surface area contributed by atoms with E-state index in [-0.39, 0.29) is 12.1 Å². The molecule has 2 heteroatoms. The van der Waals surface area contributed by atoms with E-state index in [4.69, 9.17) is 11.5 Å². The molecule has 0 aliphatic rings. The van der Waals surface area contributed by atoms with Crippen LogP contribution in [0, 0.1) is 5.92 Å². The average molecular weight is 220 g/mol. The number of benzene rings is 1. The maximum Gasteiger partial charge on any atom is 0.0309 e. The van der Waals surface area contributed by atoms with Gasteiger partial charge in [-0.05, 0) is 36.8 Å². The topological polar surface area (TPSA) is 52.0 Å². The molecule has 0 aliphatic carbocycles. The highest BCUT2D eigenvalue weighted by Crippen LogP contribution is 2.17. The van der Waals surface area contributed by atoms with E-state index in [1.807, 2.05) is 6.92 Å². The zero-order valence-electron chi connectivity index (χ0n) is 10.6. The van der Waals surface area contributed by atoms with Crippen LogP contribution in [-0.2, 0) is 6.42 Å². The lowest BCUT2D eigenvalue weighted by Crippen LogP contribution is -2.23. The van der Waals surface area contributed by atoms with Gasteiger partial charge in [-0.2, -0.15) is 0 Å². The summed E-state index contributed by atoms with van der Waals surface area (Å²) in [6.07, 6.45) is 1.96. The molecule has 0 radical (unpaired) electrons. The number of rotatable bonds is 5. The molecule has 0 aliphatic heterocycles. The van der Waals surface area contributed by atoms with Crippen LogP contribution in [0.15, 0.2) is 24.3 Å². The summed E-state index contributed by atoms with van der Waals surface area (Å²) in [5, 5.41) is 0. The van der Waals surface area contributed by atoms with E-state index < -0.39 is 0 Å². The van der Waals surface area contributed by atoms with E-state index in [1.165, 1.54) is 11.1 Å². The normalized spacial score (nSPS) is 15.1. The van der Waals surface area contributed by atoms with Crippen molar-refractivity contribution in [3.05, 3.63) is 35.4 Å². The zero-order chi connectivity index (χ0) is 12.1. The minimum Gasteiger partial charge on any atom is -0.328 e. The molecule has 1 aromatic carbocycles. The smallest absolute Gasteiger partial charge is 0.0309 e. The Balaban J connectivity index is 2.63. The van der Waals surface area contributed by atoms with E-state index in [9.17, 15) is 0 Å². The van der Waals surface area contributed by atoms with Gasteiger partial charge in [-0.15, -0.1) is 0 Å². The molecule has 4 N–H and O–H groups in total. The van der Waals surface area contributed by atoms with Crippen molar-refractivity contribution in [3.63, 3.8) is 0 Å². The predicted molar refractivity (Wildman–Crippen MR) is 70.2 cm³/mol. The van der Waals surface area contributed by atoms with Gasteiger partial charge in [0.2, 0.25) is 0 Å². The van der Waals surface area contributed by atoms with Crippen LogP contribution in [0.4, 0.5) is 0 Å². The molecular weight excluding hydrogens is 196 g/mol. The van der Waals surface area contributed by atoms with Crippen molar-refractivity contribution in [2.45, 2.75) is 45.7 Å². The molecule has 0 spiro atoms. The molecule has 2 nitrogen and oxygen atoms in total. The fourth-order valence-electron chi connectivity index (χ4n) is 1.91. The van der Waals surface area contributed by atoms with Crippen LogP contribution < -0.4 is 11.5 Å². The third-order valence-electron chi connectivity index (χ3n) is 2.68. The molecule has 16 heavy (non-hydrogen) atoms. The van der Waals surface area contributed by atoms with E-state index in [1.54, 1.807) is 0 Å². The van der Waals surface area contributed by atoms with Gasteiger partial charge >= 0.3 is 0 Å². The molecule has 0 aromatic heterocycles. The summed E-state index contributed by atoms with van der Waals surface area (Å²) in [5.41, 5.74) is 14.4. The van der Waals surface area contributed by atoms with Gasteiger partial charge in [0.25, 0.3) is 0 Å². The van der Waals surface area contributed by atoms with Crippen LogP contribution in [0.5, 0.6) is 0 Å². The van der Waals surface area contributed by atoms with Gasteiger partial charge in [-0.3, -0.25) is 0 Å². The van der Waals surface area contributed by atoms with Crippen molar-refractivity contribution < 1.29 is 0 Å². The predicted octanol–water partition coefficient (Wildman–Crippen LogP) is 2.62. The monoisotopic (exact) mass is 220 g/mol. The highest BCUT2D eigenvalue weighted by molar-refractivity contribution is 5.25. The van der Waals surface area contributed by atoms with Crippen LogP contribution in [0.1, 0.15) is 44.4 Å². The van der Waals surface area contributed by atoms with E-state index in [2.05, 4.69) is 38.1 Å². The Morgan fingerprint density at radius 3 is 2.00 bits per heavy atom. The fourth-order valence-corrected chi connectivity index (χ4v) is 1.91. The summed E-state index contributed by atoms with van der Waals surface area (Å²) in [4.78, 5) is 0. The molecule has 0 bridgehead atoms. The first-order valence-electron chi connectivity index (χ1n) is 6.09. The third kappa shape index (κ3) is 4.33. The standard InChI is InChI=1S/C14H24N2/c1-10(2)8-12-4-6-13(7-5-12)14(16)9-11(3)15/h4-7,10-11,14H,8-9,15-16H2,1-3H3. The second-order valence-electron chi connectivity index (χ2n) is 5.16. The Bertz CT molecular complexity index is 301. The molecule has 0 amide bonds. The number of hydrogen-bond donors (Lipinski definition) is 2. The molecule has 0 saturated heterocycles. The molecule has 0 fully saturated rings. The zero-order valence-corrected chi connectivity index (χ0v) is 10.6. The van der Waals surface area contributed by atoms with Gasteiger partial charge in [-0.1, -0.05) is 38.1 Å². The Hall–Kier alpha value is -0.860. The molecule has 0 heterocycles. The highest BCUT2D eigenvalue weighted by atomic mass is 14.7. The average Bonchev–Trinajstić information content (AvgIpc) is 2.16. The molecule has 0 saturated carbocycles. The van der Waals surface area contributed by atoms with Gasteiger partial charge in [0.15, 0.2) is 0 Å². The lowest BCUT2D eigenvalue weighted by atomic mass is 9.97. The summed E-state index contributed by atoms with van der Waals surface area (Å²) in [7, 11) is 0. The Morgan fingerprint density at radius 1 is 1.00 bits per heavy atom. The van der Waals surface area contributed by atoms with E-state index in [0.29, 0.717) is 5.92 Å². The summed E-state index contributed by atoms with van der Waals surface area (Å²) in [5.74, 6) is 0.698. The number of hydrogen-bond acceptors (Lipinski definition) is 2. The largest absolute Gasteiger partial charge is 0.328 e. The van der Waals surface area contributed by atoms with Crippen molar-refractivity contribution in [1.29, 1.82) is 0 Å². The Kier molecular flexibility index (Phi) is 4.97. The lowest BCUT2D eigenvalue weighted by molar-refractivity contribution is 0.568. The second kappa shape index (κ2) is 6.02. The van der Waals surface area contributed by atoms with Gasteiger partial charge in [0.1, 0.15) is 0 Å². The summed E-state index contributed by atoms with van der Waals surface area (Å²) in [6, 6.07) is 8.83. The first-order valence-corrected chi connectivity index (χ1v) is 6.09. The Labute approximate surface area is 99.0 Å². The van der Waals surface area contributed by atoms with Crippen molar-refractivity contribution in [1.82, 2.24) is 0 Å². The summed E-state index contributed by atoms with van der Waals surface area (Å²) >= 11 is 0. The Morgan fingerprint density at radius 2 is 1.56 bits per heavy atom. The lowest BCUT2D eigenvalue weighted by Gasteiger charge is -2.15. The van der Waals surface area contributed by atoms with Gasteiger partial charge in [0.05, 0.1) is 0 Å². The maximum atomic E-state index is 6.07. The number of nitrogens with two attached hydrogens (primary N) is 2. The van der Waals surface area contributed by atoms with Crippen molar-refractivity contribution in [2.75, 3.05) is 0 Å². The second-order valence-corrected chi connectivity index (χ2v) is 5.16. The molecule has 1 rings (SSSR count). The molecule has 2 unspecified atom stereocenters. The van der Waals surface area contributed by atoms with Gasteiger partial charge in [-0.25, -0.2) is 0 Å². The first-order chi connectivity index (χ1) is 7.49. The van der Waals surface area contributed by atoms with Crippen LogP contribution in [0.3, 0.4) is 0 Å². The fraction of sp³-hybridized carbons (Fsp3) is 0.571. The first kappa shape index (κ1) is 13.2. The van der Waals surface area contributed by atoms with Gasteiger partial charge in [0, 0.05) is 12.1 Å². The minimum atomic E-state index is 0.0631. The van der Waals surface area contributed by atoms with Crippen LogP contribution in [0.2, 0.25) is 0 Å². The van der Waals surface area contributed by atoms with E-state index >= 15 is 0 Å². The van der Waals surface area contributed by atoms with Crippen molar-refractivity contribution in [3.8, 4) is 0 Å². The summed E-state index contributed by atoms with van der Waals surface area (Å²) in [6.45, 7) is 6.46. The van der Waals surface area contributed by atoms with Crippen LogP contribution in [-0.4, -0.2) is 6.04 Å². The van der Waals surface area contributed by atoms with Gasteiger partial charge < -0.3 is 11.5 Å². The molecular formula is C14H24N2. The quantitative estimate of drug-likeness (QED) is 0.801. The van der Waals surface area contributed by atoms with Crippen LogP contribution >= 0.6 is 0 Å². The highest BCUT2D eigenvalue weighted by Gasteiger charge is 2.08.